The number of rotatable bonds is 0. The summed E-state index contributed by atoms with van der Waals surface area (Å²) in [7, 11) is 0. The van der Waals surface area contributed by atoms with Gasteiger partial charge in [-0.15, -0.1) is 0 Å². The lowest BCUT2D eigenvalue weighted by Gasteiger charge is -2.19. The van der Waals surface area contributed by atoms with E-state index in [1.165, 1.54) is 12.1 Å². The van der Waals surface area contributed by atoms with E-state index >= 15 is 0 Å². The summed E-state index contributed by atoms with van der Waals surface area (Å²) in [4.78, 5) is 0. The average Bonchev–Trinajstić information content (AvgIpc) is 1.97. The second-order valence-electron chi connectivity index (χ2n) is 4.11. The molecule has 0 saturated heterocycles. The lowest BCUT2D eigenvalue weighted by atomic mass is 9.87. The van der Waals surface area contributed by atoms with E-state index in [0.29, 0.717) is 0 Å². The maximum atomic E-state index is 9.23. The molecule has 0 radical (unpaired) electrons. The smallest absolute Gasteiger partial charge is 0.200 e. The minimum Gasteiger partial charge on any atom is -0.504 e. The van der Waals surface area contributed by atoms with Crippen molar-refractivity contribution < 1.29 is 15.3 Å². The van der Waals surface area contributed by atoms with Crippen molar-refractivity contribution in [2.24, 2.45) is 0 Å². The first-order chi connectivity index (χ1) is 5.82. The molecule has 0 amide bonds. The molecule has 3 N–H and O–H groups in total. The molecule has 0 unspecified atom stereocenters. The molecule has 0 spiro atoms. The van der Waals surface area contributed by atoms with Crippen molar-refractivity contribution in [3.63, 3.8) is 0 Å². The molecule has 3 heteroatoms. The van der Waals surface area contributed by atoms with Crippen molar-refractivity contribution in [3.8, 4) is 17.2 Å². The molecule has 0 aliphatic heterocycles. The Morgan fingerprint density at radius 2 is 1.29 bits per heavy atom. The summed E-state index contributed by atoms with van der Waals surface area (Å²) < 4.78 is 0. The fourth-order valence-corrected chi connectivity index (χ4v) is 1.04. The van der Waals surface area contributed by atoms with Crippen molar-refractivity contribution in [2.75, 3.05) is 0 Å². The number of hydrogen-bond donors (Lipinski definition) is 3. The Balaban J connectivity index is 0.00000169. The van der Waals surface area contributed by atoms with Crippen LogP contribution in [0.1, 0.15) is 33.8 Å². The second-order valence-corrected chi connectivity index (χ2v) is 4.11. The zero-order valence-corrected chi connectivity index (χ0v) is 8.00. The third-order valence-electron chi connectivity index (χ3n) is 1.94. The van der Waals surface area contributed by atoms with E-state index < -0.39 is 5.75 Å². The highest BCUT2D eigenvalue weighted by Crippen LogP contribution is 2.38. The highest BCUT2D eigenvalue weighted by molar-refractivity contribution is 5.52. The van der Waals surface area contributed by atoms with E-state index in [-0.39, 0.29) is 24.3 Å². The minimum atomic E-state index is -0.465. The van der Waals surface area contributed by atoms with Gasteiger partial charge in [0.25, 0.3) is 0 Å². The summed E-state index contributed by atoms with van der Waals surface area (Å²) in [6.45, 7) is 5.87. The summed E-state index contributed by atoms with van der Waals surface area (Å²) in [5.41, 5.74) is 0.614. The molecule has 1 rings (SSSR count). The lowest BCUT2D eigenvalue weighted by Crippen LogP contribution is -2.10. The van der Waals surface area contributed by atoms with Crippen LogP contribution in [0.3, 0.4) is 0 Å². The Bertz CT molecular complexity index is 301. The van der Waals surface area contributed by atoms with Gasteiger partial charge >= 0.3 is 0 Å². The zero-order chi connectivity index (χ0) is 10.2. The molecule has 0 fully saturated rings. The number of phenols is 3. The van der Waals surface area contributed by atoms with Gasteiger partial charge in [0.05, 0.1) is 0 Å². The molecule has 3 nitrogen and oxygen atoms in total. The Hall–Kier alpha value is -1.38. The summed E-state index contributed by atoms with van der Waals surface area (Å²) >= 11 is 0. The van der Waals surface area contributed by atoms with Gasteiger partial charge < -0.3 is 15.3 Å². The van der Waals surface area contributed by atoms with E-state index in [9.17, 15) is 10.2 Å². The van der Waals surface area contributed by atoms with Crippen LogP contribution in [0, 0.1) is 0 Å². The molecule has 0 aliphatic carbocycles. The standard InChI is InChI=1S/C10H14O3.CH4/c1-10(2,3)6-4-7(11)9(13)8(12)5-6;/h4-5,11-13H,1-3H3;1H4. The number of hydrogen-bond acceptors (Lipinski definition) is 3. The van der Waals surface area contributed by atoms with E-state index in [4.69, 9.17) is 5.11 Å². The fraction of sp³-hybridized carbons (Fsp3) is 0.455. The monoisotopic (exact) mass is 198 g/mol. The molecule has 0 atom stereocenters. The Kier molecular flexibility index (Phi) is 3.41. The van der Waals surface area contributed by atoms with Crippen molar-refractivity contribution in [2.45, 2.75) is 33.6 Å². The minimum absolute atomic E-state index is 0. The zero-order valence-electron chi connectivity index (χ0n) is 8.00. The molecule has 0 aromatic heterocycles. The summed E-state index contributed by atoms with van der Waals surface area (Å²) in [6, 6.07) is 2.91. The first-order valence-electron chi connectivity index (χ1n) is 4.08. The van der Waals surface area contributed by atoms with Crippen LogP contribution in [0.5, 0.6) is 17.2 Å². The second kappa shape index (κ2) is 3.78. The molecule has 0 aliphatic rings. The van der Waals surface area contributed by atoms with E-state index in [1.807, 2.05) is 20.8 Å². The number of aromatic hydroxyl groups is 3. The number of phenolic OH excluding ortho intramolecular Hbond substituents is 3. The third kappa shape index (κ3) is 2.31. The Labute approximate surface area is 84.6 Å². The largest absolute Gasteiger partial charge is 0.504 e. The van der Waals surface area contributed by atoms with Gasteiger partial charge in [-0.1, -0.05) is 28.2 Å². The molecular formula is C11H18O3. The molecule has 80 valence electrons. The van der Waals surface area contributed by atoms with E-state index in [2.05, 4.69) is 0 Å². The van der Waals surface area contributed by atoms with Crippen molar-refractivity contribution >= 4 is 0 Å². The normalized spacial score (nSPS) is 10.8. The molecule has 1 aromatic rings. The van der Waals surface area contributed by atoms with Gasteiger partial charge in [-0.25, -0.2) is 0 Å². The SMILES string of the molecule is C.CC(C)(C)c1cc(O)c(O)c(O)c1. The Morgan fingerprint density at radius 3 is 1.57 bits per heavy atom. The maximum absolute atomic E-state index is 9.23. The van der Waals surface area contributed by atoms with E-state index in [1.54, 1.807) is 0 Å². The van der Waals surface area contributed by atoms with Crippen molar-refractivity contribution in [1.29, 1.82) is 0 Å². The maximum Gasteiger partial charge on any atom is 0.200 e. The van der Waals surface area contributed by atoms with Crippen LogP contribution in [0.2, 0.25) is 0 Å². The molecule has 1 aromatic carbocycles. The average molecular weight is 198 g/mol. The van der Waals surface area contributed by atoms with Crippen LogP contribution in [-0.4, -0.2) is 15.3 Å². The number of benzene rings is 1. The van der Waals surface area contributed by atoms with Crippen LogP contribution < -0.4 is 0 Å². The van der Waals surface area contributed by atoms with Gasteiger partial charge in [0.2, 0.25) is 0 Å². The lowest BCUT2D eigenvalue weighted by molar-refractivity contribution is 0.365. The predicted molar refractivity (Wildman–Crippen MR) is 56.9 cm³/mol. The van der Waals surface area contributed by atoms with Crippen LogP contribution in [0.4, 0.5) is 0 Å². The predicted octanol–water partition coefficient (Wildman–Crippen LogP) is 2.74. The van der Waals surface area contributed by atoms with Crippen LogP contribution in [-0.2, 0) is 5.41 Å². The fourth-order valence-electron chi connectivity index (χ4n) is 1.04. The van der Waals surface area contributed by atoms with Crippen LogP contribution >= 0.6 is 0 Å². The van der Waals surface area contributed by atoms with Gasteiger partial charge in [0.1, 0.15) is 0 Å². The Morgan fingerprint density at radius 1 is 0.929 bits per heavy atom. The van der Waals surface area contributed by atoms with Crippen LogP contribution in [0.25, 0.3) is 0 Å². The summed E-state index contributed by atoms with van der Waals surface area (Å²) in [6.07, 6.45) is 0. The molecule has 0 heterocycles. The first-order valence-corrected chi connectivity index (χ1v) is 4.08. The first kappa shape index (κ1) is 12.6. The van der Waals surface area contributed by atoms with Crippen molar-refractivity contribution in [1.82, 2.24) is 0 Å². The van der Waals surface area contributed by atoms with Crippen LogP contribution in [0.15, 0.2) is 12.1 Å². The van der Waals surface area contributed by atoms with Gasteiger partial charge in [0, 0.05) is 0 Å². The van der Waals surface area contributed by atoms with Gasteiger partial charge in [0.15, 0.2) is 17.2 Å². The molecule has 14 heavy (non-hydrogen) atoms. The highest BCUT2D eigenvalue weighted by Gasteiger charge is 2.17. The van der Waals surface area contributed by atoms with Gasteiger partial charge in [-0.2, -0.15) is 0 Å². The molecule has 0 bridgehead atoms. The summed E-state index contributed by atoms with van der Waals surface area (Å²) in [5, 5.41) is 27.6. The molecule has 0 saturated carbocycles. The van der Waals surface area contributed by atoms with E-state index in [0.717, 1.165) is 5.56 Å². The van der Waals surface area contributed by atoms with Gasteiger partial charge in [-0.05, 0) is 23.1 Å². The highest BCUT2D eigenvalue weighted by atomic mass is 16.3. The third-order valence-corrected chi connectivity index (χ3v) is 1.94. The quantitative estimate of drug-likeness (QED) is 0.562. The van der Waals surface area contributed by atoms with Gasteiger partial charge in [-0.3, -0.25) is 0 Å². The molecular weight excluding hydrogens is 180 g/mol. The summed E-state index contributed by atoms with van der Waals surface area (Å²) in [5.74, 6) is -1.04. The topological polar surface area (TPSA) is 60.7 Å². The van der Waals surface area contributed by atoms with Crippen molar-refractivity contribution in [3.05, 3.63) is 17.7 Å².